The number of likely N-dealkylation sites (tertiary alicyclic amines) is 2. The van der Waals surface area contributed by atoms with Crippen LogP contribution in [-0.4, -0.2) is 84.5 Å². The molecule has 2 saturated heterocycles. The van der Waals surface area contributed by atoms with Crippen LogP contribution in [0.3, 0.4) is 0 Å². The topological polar surface area (TPSA) is 173 Å². The Labute approximate surface area is 346 Å². The van der Waals surface area contributed by atoms with E-state index in [1.165, 1.54) is 12.8 Å². The summed E-state index contributed by atoms with van der Waals surface area (Å²) in [6.45, 7) is 14.8. The molecular formula is C46H59N9O4. The summed E-state index contributed by atoms with van der Waals surface area (Å²) in [5, 5.41) is 1.08. The number of hydrogen-bond acceptors (Lipinski definition) is 8. The number of imidazole rings is 2. The van der Waals surface area contributed by atoms with Gasteiger partial charge in [-0.25, -0.2) is 9.97 Å². The van der Waals surface area contributed by atoms with Gasteiger partial charge in [-0.2, -0.15) is 0 Å². The van der Waals surface area contributed by atoms with E-state index in [4.69, 9.17) is 30.9 Å². The van der Waals surface area contributed by atoms with Crippen molar-refractivity contribution >= 4 is 39.9 Å². The summed E-state index contributed by atoms with van der Waals surface area (Å²) >= 11 is 0. The molecular weight excluding hydrogens is 743 g/mol. The van der Waals surface area contributed by atoms with E-state index in [1.54, 1.807) is 0 Å². The number of fused-ring (bicyclic) bond motifs is 4. The molecule has 59 heavy (non-hydrogen) atoms. The van der Waals surface area contributed by atoms with Crippen LogP contribution in [0.5, 0.6) is 0 Å². The summed E-state index contributed by atoms with van der Waals surface area (Å²) in [5.74, 6) is 3.17. The Kier molecular flexibility index (Phi) is 10.6. The molecule has 5 unspecified atom stereocenters. The van der Waals surface area contributed by atoms with Crippen molar-refractivity contribution in [2.75, 3.05) is 26.3 Å². The normalized spacial score (nSPS) is 22.8. The Balaban J connectivity index is 1.04. The lowest BCUT2D eigenvalue weighted by Gasteiger charge is -2.33. The zero-order valence-corrected chi connectivity index (χ0v) is 34.9. The summed E-state index contributed by atoms with van der Waals surface area (Å²) in [6, 6.07) is 5.22. The molecule has 6 heterocycles. The standard InChI is InChI=1S/C46H59N9O4/c1-6-30-32-19-28(33-21-49-43(51-33)36-9-7-17-53(36)45(56)40(47)25(2)3)14-16-35(32)55-39(24-58-23-27-11-12-27)59-38-20-29(13-15-31(38)42(30)55)34-22-50-44(52-34)37-10-8-18-54(37)46(57)41(48)26(4)5/h6,14,16,19-22,25-27,36-37,39-41H,1,7-13,15,17-18,23-24,47-48H2,2-5H3,(H,49,51)(H,50,52). The number of aromatic amines is 2. The maximum absolute atomic E-state index is 13.3. The minimum Gasteiger partial charge on any atom is -0.467 e. The molecule has 13 nitrogen and oxygen atoms in total. The average Bonchev–Trinajstić information content (AvgIpc) is 3.83. The Hall–Kier alpha value is -4.98. The summed E-state index contributed by atoms with van der Waals surface area (Å²) < 4.78 is 15.6. The maximum atomic E-state index is 13.3. The van der Waals surface area contributed by atoms with Crippen molar-refractivity contribution in [3.8, 4) is 11.3 Å². The van der Waals surface area contributed by atoms with Crippen LogP contribution in [-0.2, 0) is 19.1 Å². The van der Waals surface area contributed by atoms with Crippen molar-refractivity contribution in [2.45, 2.75) is 109 Å². The molecule has 9 rings (SSSR count). The van der Waals surface area contributed by atoms with Gasteiger partial charge in [0.1, 0.15) is 24.0 Å². The van der Waals surface area contributed by atoms with Gasteiger partial charge in [-0.1, -0.05) is 46.4 Å². The van der Waals surface area contributed by atoms with Crippen LogP contribution in [0.2, 0.25) is 0 Å². The minimum absolute atomic E-state index is 0.0104. The first-order valence-electron chi connectivity index (χ1n) is 21.7. The molecule has 312 valence electrons. The van der Waals surface area contributed by atoms with Crippen molar-refractivity contribution in [1.29, 1.82) is 0 Å². The van der Waals surface area contributed by atoms with Gasteiger partial charge in [0.05, 0.1) is 59.2 Å². The summed E-state index contributed by atoms with van der Waals surface area (Å²) in [5.41, 5.74) is 20.9. The number of nitrogens with two attached hydrogens (primary N) is 2. The molecule has 2 amide bonds. The van der Waals surface area contributed by atoms with Gasteiger partial charge in [-0.05, 0) is 92.9 Å². The highest BCUT2D eigenvalue weighted by Gasteiger charge is 2.38. The van der Waals surface area contributed by atoms with Crippen LogP contribution in [0.25, 0.3) is 39.4 Å². The lowest BCUT2D eigenvalue weighted by Crippen LogP contribution is -2.46. The van der Waals surface area contributed by atoms with E-state index < -0.39 is 12.1 Å². The van der Waals surface area contributed by atoms with Gasteiger partial charge in [0.25, 0.3) is 0 Å². The molecule has 5 aliphatic rings. The predicted molar refractivity (Wildman–Crippen MR) is 229 cm³/mol. The predicted octanol–water partition coefficient (Wildman–Crippen LogP) is 7.24. The highest BCUT2D eigenvalue weighted by molar-refractivity contribution is 5.99. The molecule has 0 bridgehead atoms. The van der Waals surface area contributed by atoms with Crippen molar-refractivity contribution in [1.82, 2.24) is 34.3 Å². The van der Waals surface area contributed by atoms with E-state index in [9.17, 15) is 9.59 Å². The third kappa shape index (κ3) is 7.24. The molecule has 0 spiro atoms. The summed E-state index contributed by atoms with van der Waals surface area (Å²) in [6.07, 6.45) is 15.1. The minimum atomic E-state index is -0.529. The van der Waals surface area contributed by atoms with Crippen molar-refractivity contribution in [3.05, 3.63) is 77.6 Å². The number of allylic oxidation sites excluding steroid dienone is 3. The number of H-pyrrole nitrogens is 2. The maximum Gasteiger partial charge on any atom is 0.240 e. The monoisotopic (exact) mass is 801 g/mol. The quantitative estimate of drug-likeness (QED) is 0.110. The van der Waals surface area contributed by atoms with Crippen LogP contribution in [0, 0.1) is 17.8 Å². The SMILES string of the molecule is C=Cc1c2n(c3ccc(-c4cnc(C5CCCN5C(=O)C(N)C(C)C)[nH]4)cc13)C(COCC1CC1)OC1=C2CCC(c2cnc(C3CCCN3C(=O)C(N)C(C)C)[nH]2)=C1. The molecule has 1 saturated carbocycles. The van der Waals surface area contributed by atoms with E-state index in [2.05, 4.69) is 45.4 Å². The van der Waals surface area contributed by atoms with Crippen molar-refractivity contribution in [3.63, 3.8) is 0 Å². The second kappa shape index (κ2) is 15.9. The van der Waals surface area contributed by atoms with Crippen LogP contribution >= 0.6 is 0 Å². The van der Waals surface area contributed by atoms with E-state index >= 15 is 0 Å². The smallest absolute Gasteiger partial charge is 0.240 e. The number of carbonyl (C=O) groups is 2. The molecule has 13 heteroatoms. The van der Waals surface area contributed by atoms with Crippen molar-refractivity contribution in [2.24, 2.45) is 29.2 Å². The number of amides is 2. The van der Waals surface area contributed by atoms with Gasteiger partial charge < -0.3 is 45.3 Å². The van der Waals surface area contributed by atoms with E-state index in [0.717, 1.165) is 113 Å². The Morgan fingerprint density at radius 3 is 2.14 bits per heavy atom. The van der Waals surface area contributed by atoms with Gasteiger partial charge in [-0.3, -0.25) is 9.59 Å². The van der Waals surface area contributed by atoms with Crippen LogP contribution in [0.1, 0.15) is 126 Å². The van der Waals surface area contributed by atoms with Gasteiger partial charge >= 0.3 is 0 Å². The average molecular weight is 802 g/mol. The van der Waals surface area contributed by atoms with Crippen LogP contribution < -0.4 is 11.5 Å². The molecule has 5 atom stereocenters. The number of ether oxygens (including phenoxy) is 2. The fraction of sp³-hybridized carbons (Fsp3) is 0.522. The fourth-order valence-electron chi connectivity index (χ4n) is 9.41. The molecule has 3 aromatic heterocycles. The Bertz CT molecular complexity index is 2330. The molecule has 3 aliphatic heterocycles. The number of nitrogens with zero attached hydrogens (tertiary/aromatic N) is 5. The zero-order valence-electron chi connectivity index (χ0n) is 34.9. The van der Waals surface area contributed by atoms with E-state index in [1.807, 2.05) is 56.0 Å². The van der Waals surface area contributed by atoms with Gasteiger partial charge in [0.15, 0.2) is 6.23 Å². The zero-order chi connectivity index (χ0) is 41.1. The Morgan fingerprint density at radius 1 is 0.898 bits per heavy atom. The highest BCUT2D eigenvalue weighted by Crippen LogP contribution is 2.47. The Morgan fingerprint density at radius 2 is 1.53 bits per heavy atom. The number of benzene rings is 1. The third-order valence-electron chi connectivity index (χ3n) is 13.2. The van der Waals surface area contributed by atoms with Gasteiger partial charge in [0.2, 0.25) is 11.8 Å². The van der Waals surface area contributed by atoms with E-state index in [0.29, 0.717) is 25.6 Å². The summed E-state index contributed by atoms with van der Waals surface area (Å²) in [4.78, 5) is 47.2. The number of aromatic nitrogens is 5. The highest BCUT2D eigenvalue weighted by atomic mass is 16.5. The first-order valence-corrected chi connectivity index (χ1v) is 21.7. The van der Waals surface area contributed by atoms with E-state index in [-0.39, 0.29) is 42.0 Å². The van der Waals surface area contributed by atoms with Gasteiger partial charge in [0, 0.05) is 41.8 Å². The van der Waals surface area contributed by atoms with Crippen LogP contribution in [0.15, 0.2) is 49.0 Å². The fourth-order valence-corrected chi connectivity index (χ4v) is 9.41. The number of nitrogens with one attached hydrogen (secondary N) is 2. The molecule has 6 N–H and O–H groups in total. The lowest BCUT2D eigenvalue weighted by atomic mass is 9.90. The molecule has 1 aromatic carbocycles. The second-order valence-corrected chi connectivity index (χ2v) is 17.9. The third-order valence-corrected chi connectivity index (χ3v) is 13.2. The largest absolute Gasteiger partial charge is 0.467 e. The van der Waals surface area contributed by atoms with Gasteiger partial charge in [-0.15, -0.1) is 0 Å². The molecule has 2 aliphatic carbocycles. The first kappa shape index (κ1) is 39.5. The van der Waals surface area contributed by atoms with Crippen molar-refractivity contribution < 1.29 is 19.1 Å². The molecule has 3 fully saturated rings. The molecule has 0 radical (unpaired) electrons. The second-order valence-electron chi connectivity index (χ2n) is 17.9. The summed E-state index contributed by atoms with van der Waals surface area (Å²) in [7, 11) is 0. The number of hydrogen-bond donors (Lipinski definition) is 4. The van der Waals surface area contributed by atoms with Crippen LogP contribution in [0.4, 0.5) is 0 Å². The number of carbonyl (C=O) groups excluding carboxylic acids is 2. The molecule has 4 aromatic rings. The first-order chi connectivity index (χ1) is 28.5. The number of rotatable bonds is 13. The lowest BCUT2D eigenvalue weighted by molar-refractivity contribution is -0.135.